The summed E-state index contributed by atoms with van der Waals surface area (Å²) in [5.41, 5.74) is 11.3. The van der Waals surface area contributed by atoms with Gasteiger partial charge in [-0.25, -0.2) is 4.39 Å². The lowest BCUT2D eigenvalue weighted by atomic mass is 10.2. The van der Waals surface area contributed by atoms with Crippen molar-refractivity contribution in [1.29, 1.82) is 0 Å². The van der Waals surface area contributed by atoms with Gasteiger partial charge in [-0.05, 0) is 6.07 Å². The predicted molar refractivity (Wildman–Crippen MR) is 58.3 cm³/mol. The van der Waals surface area contributed by atoms with Gasteiger partial charge in [0.2, 0.25) is 5.91 Å². The summed E-state index contributed by atoms with van der Waals surface area (Å²) in [6.07, 6.45) is 0. The van der Waals surface area contributed by atoms with Crippen LogP contribution in [-0.2, 0) is 4.79 Å². The zero-order chi connectivity index (χ0) is 11.6. The van der Waals surface area contributed by atoms with Crippen molar-refractivity contribution in [2.75, 3.05) is 24.2 Å². The summed E-state index contributed by atoms with van der Waals surface area (Å²) >= 11 is 5.53. The van der Waals surface area contributed by atoms with Crippen LogP contribution in [-0.4, -0.2) is 19.5 Å². The summed E-state index contributed by atoms with van der Waals surface area (Å²) in [4.78, 5) is 12.1. The fourth-order valence-corrected chi connectivity index (χ4v) is 1.37. The van der Waals surface area contributed by atoms with Gasteiger partial charge in [0.15, 0.2) is 0 Å². The molecule has 0 aliphatic carbocycles. The summed E-state index contributed by atoms with van der Waals surface area (Å²) in [5.74, 6) is -1.11. The summed E-state index contributed by atoms with van der Waals surface area (Å²) in [6.45, 7) is -0.0364. The number of hydrogen-bond donors (Lipinski definition) is 2. The lowest BCUT2D eigenvalue weighted by molar-refractivity contribution is -0.116. The van der Waals surface area contributed by atoms with Gasteiger partial charge in [-0.3, -0.25) is 4.79 Å². The molecule has 0 heterocycles. The van der Waals surface area contributed by atoms with Gasteiger partial charge in [0.1, 0.15) is 5.82 Å². The zero-order valence-corrected chi connectivity index (χ0v) is 8.88. The zero-order valence-electron chi connectivity index (χ0n) is 8.13. The van der Waals surface area contributed by atoms with Crippen LogP contribution in [0.2, 0.25) is 5.02 Å². The molecule has 0 aliphatic rings. The van der Waals surface area contributed by atoms with Gasteiger partial charge >= 0.3 is 0 Å². The molecule has 6 heteroatoms. The van der Waals surface area contributed by atoms with Gasteiger partial charge in [0.05, 0.1) is 22.9 Å². The Morgan fingerprint density at radius 2 is 2.20 bits per heavy atom. The number of primary amides is 1. The van der Waals surface area contributed by atoms with Crippen LogP contribution < -0.4 is 16.4 Å². The van der Waals surface area contributed by atoms with Crippen molar-refractivity contribution >= 4 is 28.9 Å². The van der Waals surface area contributed by atoms with Crippen LogP contribution in [0.25, 0.3) is 0 Å². The lowest BCUT2D eigenvalue weighted by Gasteiger charge is -2.19. The molecule has 0 radical (unpaired) electrons. The van der Waals surface area contributed by atoms with Crippen molar-refractivity contribution in [2.45, 2.75) is 0 Å². The summed E-state index contributed by atoms with van der Waals surface area (Å²) in [6, 6.07) is 2.46. The van der Waals surface area contributed by atoms with Gasteiger partial charge in [0, 0.05) is 13.1 Å². The Kier molecular flexibility index (Phi) is 3.36. The van der Waals surface area contributed by atoms with E-state index in [1.807, 2.05) is 0 Å². The van der Waals surface area contributed by atoms with Gasteiger partial charge in [-0.15, -0.1) is 0 Å². The molecule has 4 N–H and O–H groups in total. The number of anilines is 2. The number of amides is 1. The summed E-state index contributed by atoms with van der Waals surface area (Å²) < 4.78 is 13.1. The second-order valence-electron chi connectivity index (χ2n) is 3.15. The Balaban J connectivity index is 3.03. The highest BCUT2D eigenvalue weighted by molar-refractivity contribution is 6.31. The molecule has 0 aromatic heterocycles. The van der Waals surface area contributed by atoms with E-state index in [9.17, 15) is 9.18 Å². The lowest BCUT2D eigenvalue weighted by Crippen LogP contribution is -2.31. The Hall–Kier alpha value is -1.49. The van der Waals surface area contributed by atoms with Crippen LogP contribution >= 0.6 is 11.6 Å². The number of benzene rings is 1. The van der Waals surface area contributed by atoms with Crippen LogP contribution in [0.1, 0.15) is 0 Å². The van der Waals surface area contributed by atoms with E-state index in [2.05, 4.69) is 0 Å². The van der Waals surface area contributed by atoms with E-state index in [-0.39, 0.29) is 11.6 Å². The van der Waals surface area contributed by atoms with Gasteiger partial charge in [-0.2, -0.15) is 0 Å². The van der Waals surface area contributed by atoms with Crippen LogP contribution in [0.15, 0.2) is 12.1 Å². The topological polar surface area (TPSA) is 72.3 Å². The monoisotopic (exact) mass is 231 g/mol. The number of nitrogens with two attached hydrogens (primary N) is 2. The molecular formula is C9H11ClFN3O. The minimum atomic E-state index is -0.586. The van der Waals surface area contributed by atoms with E-state index in [1.165, 1.54) is 17.0 Å². The molecule has 0 aliphatic heterocycles. The average molecular weight is 232 g/mol. The molecule has 1 amide bonds. The highest BCUT2D eigenvalue weighted by Gasteiger charge is 2.11. The predicted octanol–water partition coefficient (Wildman–Crippen LogP) is 0.983. The highest BCUT2D eigenvalue weighted by Crippen LogP contribution is 2.28. The molecule has 15 heavy (non-hydrogen) atoms. The Morgan fingerprint density at radius 3 is 2.73 bits per heavy atom. The molecular weight excluding hydrogens is 221 g/mol. The Morgan fingerprint density at radius 1 is 1.60 bits per heavy atom. The maximum absolute atomic E-state index is 13.1. The van der Waals surface area contributed by atoms with Gasteiger partial charge in [-0.1, -0.05) is 11.6 Å². The van der Waals surface area contributed by atoms with E-state index in [0.717, 1.165) is 0 Å². The van der Waals surface area contributed by atoms with Crippen molar-refractivity contribution in [3.8, 4) is 0 Å². The number of rotatable bonds is 3. The van der Waals surface area contributed by atoms with Crippen LogP contribution in [0.3, 0.4) is 0 Å². The Labute approximate surface area is 91.6 Å². The molecule has 0 saturated carbocycles. The van der Waals surface area contributed by atoms with E-state index >= 15 is 0 Å². The quantitative estimate of drug-likeness (QED) is 0.762. The van der Waals surface area contributed by atoms with Crippen molar-refractivity contribution in [3.63, 3.8) is 0 Å². The first kappa shape index (κ1) is 11.6. The van der Waals surface area contributed by atoms with E-state index in [4.69, 9.17) is 23.1 Å². The number of nitrogen functional groups attached to an aromatic ring is 1. The van der Waals surface area contributed by atoms with Crippen molar-refractivity contribution in [3.05, 3.63) is 23.0 Å². The average Bonchev–Trinajstić information content (AvgIpc) is 2.09. The number of halogens is 2. The molecule has 4 nitrogen and oxygen atoms in total. The smallest absolute Gasteiger partial charge is 0.236 e. The van der Waals surface area contributed by atoms with Gasteiger partial charge in [0.25, 0.3) is 0 Å². The highest BCUT2D eigenvalue weighted by atomic mass is 35.5. The maximum atomic E-state index is 13.1. The molecule has 0 unspecified atom stereocenters. The minimum absolute atomic E-state index is 0.0364. The van der Waals surface area contributed by atoms with Crippen LogP contribution in [0.4, 0.5) is 15.8 Å². The second kappa shape index (κ2) is 4.35. The minimum Gasteiger partial charge on any atom is -0.397 e. The maximum Gasteiger partial charge on any atom is 0.236 e. The first-order valence-corrected chi connectivity index (χ1v) is 4.53. The first-order chi connectivity index (χ1) is 6.91. The van der Waals surface area contributed by atoms with Crippen molar-refractivity contribution in [1.82, 2.24) is 0 Å². The molecule has 1 aromatic carbocycles. The molecule has 1 rings (SSSR count). The number of hydrogen-bond acceptors (Lipinski definition) is 3. The molecule has 0 saturated heterocycles. The van der Waals surface area contributed by atoms with E-state index in [0.29, 0.717) is 11.4 Å². The second-order valence-corrected chi connectivity index (χ2v) is 3.55. The first-order valence-electron chi connectivity index (χ1n) is 4.15. The largest absolute Gasteiger partial charge is 0.397 e. The van der Waals surface area contributed by atoms with E-state index < -0.39 is 11.7 Å². The molecule has 0 spiro atoms. The third-order valence-electron chi connectivity index (χ3n) is 1.87. The summed E-state index contributed by atoms with van der Waals surface area (Å²) in [5, 5.41) is -0.0521. The van der Waals surface area contributed by atoms with Crippen molar-refractivity contribution < 1.29 is 9.18 Å². The molecule has 0 bridgehead atoms. The molecule has 0 fully saturated rings. The third-order valence-corrected chi connectivity index (χ3v) is 2.16. The normalized spacial score (nSPS) is 10.1. The number of carbonyl (C=O) groups excluding carboxylic acids is 1. The van der Waals surface area contributed by atoms with Crippen LogP contribution in [0, 0.1) is 5.82 Å². The fourth-order valence-electron chi connectivity index (χ4n) is 1.20. The standard InChI is InChI=1S/C9H11ClFN3O/c1-14(4-9(13)15)8-3-6(11)5(10)2-7(8)12/h2-3H,4,12H2,1H3,(H2,13,15). The Bertz CT molecular complexity index is 397. The molecule has 0 atom stereocenters. The van der Waals surface area contributed by atoms with Crippen molar-refractivity contribution in [2.24, 2.45) is 5.73 Å². The molecule has 82 valence electrons. The van der Waals surface area contributed by atoms with Crippen LogP contribution in [0.5, 0.6) is 0 Å². The van der Waals surface area contributed by atoms with E-state index in [1.54, 1.807) is 7.05 Å². The number of carbonyl (C=O) groups is 1. The van der Waals surface area contributed by atoms with Gasteiger partial charge < -0.3 is 16.4 Å². The summed E-state index contributed by atoms with van der Waals surface area (Å²) in [7, 11) is 1.59. The number of likely N-dealkylation sites (N-methyl/N-ethyl adjacent to an activating group) is 1. The SMILES string of the molecule is CN(CC(N)=O)c1cc(F)c(Cl)cc1N. The third kappa shape index (κ3) is 2.73. The fraction of sp³-hybridized carbons (Fsp3) is 0.222. The molecule has 1 aromatic rings. The number of nitrogens with zero attached hydrogens (tertiary/aromatic N) is 1.